The molecule has 0 aliphatic carbocycles. The number of carbonyl (C=O) groups is 2. The number of hydrogen-bond donors (Lipinski definition) is 0. The first kappa shape index (κ1) is 24.0. The van der Waals surface area contributed by atoms with Crippen LogP contribution >= 0.6 is 0 Å². The summed E-state index contributed by atoms with van der Waals surface area (Å²) in [5, 5.41) is 5.35. The molecule has 0 amide bonds. The van der Waals surface area contributed by atoms with Gasteiger partial charge in [-0.25, -0.2) is 17.6 Å². The molecule has 9 nitrogen and oxygen atoms in total. The van der Waals surface area contributed by atoms with Crippen molar-refractivity contribution in [3.8, 4) is 11.4 Å². The van der Waals surface area contributed by atoms with Crippen LogP contribution < -0.4 is 0 Å². The Morgan fingerprint density at radius 1 is 1.25 bits per heavy atom. The lowest BCUT2D eigenvalue weighted by molar-refractivity contribution is -0.205. The van der Waals surface area contributed by atoms with E-state index in [4.69, 9.17) is 9.36 Å². The van der Waals surface area contributed by atoms with Crippen LogP contribution in [0.2, 0.25) is 0 Å². The summed E-state index contributed by atoms with van der Waals surface area (Å²) in [6, 6.07) is 3.54. The molecule has 0 spiro atoms. The second-order valence-corrected chi connectivity index (χ2v) is 10.9. The van der Waals surface area contributed by atoms with E-state index in [2.05, 4.69) is 10.1 Å². The summed E-state index contributed by atoms with van der Waals surface area (Å²) in [5.74, 6) is -1.36. The highest BCUT2D eigenvalue weighted by Gasteiger charge is 2.31. The molecule has 2 aromatic rings. The van der Waals surface area contributed by atoms with E-state index in [1.165, 1.54) is 6.07 Å². The van der Waals surface area contributed by atoms with Gasteiger partial charge >= 0.3 is 5.97 Å². The van der Waals surface area contributed by atoms with Crippen LogP contribution in [0.3, 0.4) is 0 Å². The van der Waals surface area contributed by atoms with Crippen molar-refractivity contribution in [2.75, 3.05) is 19.3 Å². The predicted molar refractivity (Wildman–Crippen MR) is 111 cm³/mol. The molecule has 1 aromatic carbocycles. The highest BCUT2D eigenvalue weighted by molar-refractivity contribution is 7.90. The number of aromatic nitrogens is 2. The van der Waals surface area contributed by atoms with Crippen molar-refractivity contribution in [2.24, 2.45) is 11.3 Å². The number of hydroxylamine groups is 2. The van der Waals surface area contributed by atoms with Crippen LogP contribution in [0.15, 0.2) is 27.6 Å². The number of Topliss-reactive ketones (excluding diaryl/α,β-unsaturated/α-hetero) is 1. The largest absolute Gasteiger partial charge is 0.367 e. The van der Waals surface area contributed by atoms with Gasteiger partial charge in [-0.3, -0.25) is 4.79 Å². The van der Waals surface area contributed by atoms with Crippen molar-refractivity contribution in [3.05, 3.63) is 29.9 Å². The molecule has 1 aliphatic rings. The third-order valence-electron chi connectivity index (χ3n) is 5.12. The van der Waals surface area contributed by atoms with Crippen molar-refractivity contribution >= 4 is 21.6 Å². The van der Waals surface area contributed by atoms with Crippen LogP contribution in [0, 0.1) is 17.2 Å². The van der Waals surface area contributed by atoms with Gasteiger partial charge in [-0.05, 0) is 51.8 Å². The van der Waals surface area contributed by atoms with E-state index in [0.29, 0.717) is 25.9 Å². The Hall–Kier alpha value is -2.66. The zero-order chi connectivity index (χ0) is 23.7. The van der Waals surface area contributed by atoms with Crippen LogP contribution in [0.4, 0.5) is 4.39 Å². The number of sulfone groups is 1. The maximum absolute atomic E-state index is 14.1. The maximum Gasteiger partial charge on any atom is 0.330 e. The summed E-state index contributed by atoms with van der Waals surface area (Å²) in [4.78, 5) is 33.7. The van der Waals surface area contributed by atoms with Gasteiger partial charge in [0.25, 0.3) is 0 Å². The molecule has 0 unspecified atom stereocenters. The number of rotatable bonds is 6. The highest BCUT2D eigenvalue weighted by atomic mass is 32.2. The predicted octanol–water partition coefficient (Wildman–Crippen LogP) is 2.61. The lowest BCUT2D eigenvalue weighted by Crippen LogP contribution is -2.40. The first-order valence-corrected chi connectivity index (χ1v) is 12.1. The highest BCUT2D eigenvalue weighted by Crippen LogP contribution is 2.25. The number of carbonyl (C=O) groups excluding carboxylic acids is 2. The summed E-state index contributed by atoms with van der Waals surface area (Å²) in [7, 11) is -3.69. The Labute approximate surface area is 185 Å². The van der Waals surface area contributed by atoms with Gasteiger partial charge in [0, 0.05) is 30.8 Å². The number of halogens is 1. The Balaban J connectivity index is 1.58. The van der Waals surface area contributed by atoms with E-state index in [1.807, 2.05) is 0 Å². The molecule has 0 saturated carbocycles. The van der Waals surface area contributed by atoms with E-state index in [1.54, 1.807) is 25.8 Å². The lowest BCUT2D eigenvalue weighted by Gasteiger charge is -2.31. The van der Waals surface area contributed by atoms with Gasteiger partial charge in [0.05, 0.1) is 11.8 Å². The fourth-order valence-electron chi connectivity index (χ4n) is 3.20. The van der Waals surface area contributed by atoms with Gasteiger partial charge in [0.15, 0.2) is 9.84 Å². The van der Waals surface area contributed by atoms with E-state index in [-0.39, 0.29) is 41.4 Å². The Morgan fingerprint density at radius 2 is 1.91 bits per heavy atom. The Bertz CT molecular complexity index is 1110. The van der Waals surface area contributed by atoms with Crippen molar-refractivity contribution in [2.45, 2.75) is 44.9 Å². The zero-order valence-corrected chi connectivity index (χ0v) is 19.2. The van der Waals surface area contributed by atoms with E-state index in [0.717, 1.165) is 18.4 Å². The van der Waals surface area contributed by atoms with Crippen molar-refractivity contribution < 1.29 is 31.8 Å². The van der Waals surface area contributed by atoms with Crippen molar-refractivity contribution in [3.63, 3.8) is 0 Å². The molecule has 1 fully saturated rings. The van der Waals surface area contributed by atoms with Crippen LogP contribution in [0.25, 0.3) is 11.4 Å². The molecular weight excluding hydrogens is 441 g/mol. The fraction of sp³-hybridized carbons (Fsp3) is 0.524. The van der Waals surface area contributed by atoms with Gasteiger partial charge in [0.2, 0.25) is 11.7 Å². The van der Waals surface area contributed by atoms with Gasteiger partial charge in [0.1, 0.15) is 16.5 Å². The average Bonchev–Trinajstić information content (AvgIpc) is 3.15. The van der Waals surface area contributed by atoms with Gasteiger partial charge in [-0.2, -0.15) is 4.98 Å². The second-order valence-electron chi connectivity index (χ2n) is 8.90. The van der Waals surface area contributed by atoms with Crippen LogP contribution in [0.1, 0.15) is 39.5 Å². The molecule has 3 rings (SSSR count). The molecule has 32 heavy (non-hydrogen) atoms. The molecule has 0 N–H and O–H groups in total. The van der Waals surface area contributed by atoms with E-state index in [9.17, 15) is 22.4 Å². The minimum atomic E-state index is -3.69. The first-order valence-electron chi connectivity index (χ1n) is 10.2. The molecule has 1 aromatic heterocycles. The summed E-state index contributed by atoms with van der Waals surface area (Å²) < 4.78 is 42.3. The van der Waals surface area contributed by atoms with Crippen LogP contribution in [-0.2, 0) is 30.7 Å². The molecule has 1 aliphatic heterocycles. The summed E-state index contributed by atoms with van der Waals surface area (Å²) in [6.45, 7) is 6.24. The Kier molecular flexibility index (Phi) is 6.80. The van der Waals surface area contributed by atoms with Gasteiger partial charge < -0.3 is 9.36 Å². The van der Waals surface area contributed by atoms with Crippen molar-refractivity contribution in [1.82, 2.24) is 15.2 Å². The fourth-order valence-corrected chi connectivity index (χ4v) is 3.93. The number of ketones is 1. The summed E-state index contributed by atoms with van der Waals surface area (Å²) in [6.07, 6.45) is 1.93. The Morgan fingerprint density at radius 3 is 2.47 bits per heavy atom. The minimum Gasteiger partial charge on any atom is -0.367 e. The molecular formula is C21H26FN3O6S. The normalized spacial score (nSPS) is 16.2. The summed E-state index contributed by atoms with van der Waals surface area (Å²) in [5.41, 5.74) is -0.359. The SMILES string of the molecule is CC(C)(C)C(=O)ON1CCC(C(=O)Cc2nc(-c3ccc(S(C)(=O)=O)c(F)c3)no2)CC1. The second kappa shape index (κ2) is 9.07. The van der Waals surface area contributed by atoms with Gasteiger partial charge in [-0.15, -0.1) is 5.06 Å². The third-order valence-corrected chi connectivity index (χ3v) is 6.25. The molecule has 11 heteroatoms. The number of nitrogens with zero attached hydrogens (tertiary/aromatic N) is 3. The average molecular weight is 468 g/mol. The zero-order valence-electron chi connectivity index (χ0n) is 18.4. The molecule has 174 valence electrons. The minimum absolute atomic E-state index is 0.0654. The lowest BCUT2D eigenvalue weighted by atomic mass is 9.91. The number of piperidine rings is 1. The number of benzene rings is 1. The molecule has 0 atom stereocenters. The number of hydrogen-bond acceptors (Lipinski definition) is 9. The smallest absolute Gasteiger partial charge is 0.330 e. The van der Waals surface area contributed by atoms with E-state index < -0.39 is 26.0 Å². The van der Waals surface area contributed by atoms with Crippen LogP contribution in [-0.4, -0.2) is 54.7 Å². The van der Waals surface area contributed by atoms with Crippen molar-refractivity contribution in [1.29, 1.82) is 0 Å². The van der Waals surface area contributed by atoms with Crippen LogP contribution in [0.5, 0.6) is 0 Å². The van der Waals surface area contributed by atoms with Gasteiger partial charge in [-0.1, -0.05) is 5.16 Å². The first-order chi connectivity index (χ1) is 14.8. The molecule has 1 saturated heterocycles. The topological polar surface area (TPSA) is 120 Å². The van der Waals surface area contributed by atoms with E-state index >= 15 is 0 Å². The monoisotopic (exact) mass is 467 g/mol. The quantitative estimate of drug-likeness (QED) is 0.631. The molecule has 2 heterocycles. The molecule has 0 bridgehead atoms. The standard InChI is InChI=1S/C21H26FN3O6S/c1-21(2,3)20(27)31-25-9-7-13(8-10-25)16(26)12-18-23-19(24-30-18)14-5-6-17(15(22)11-14)32(4,28)29/h5-6,11,13H,7-10,12H2,1-4H3. The third kappa shape index (κ3) is 5.77. The summed E-state index contributed by atoms with van der Waals surface area (Å²) >= 11 is 0. The maximum atomic E-state index is 14.1. The molecule has 0 radical (unpaired) electrons.